The number of unbranched alkanes of at least 4 members (excludes halogenated alkanes) is 2. The van der Waals surface area contributed by atoms with Gasteiger partial charge in [0.15, 0.2) is 0 Å². The van der Waals surface area contributed by atoms with Gasteiger partial charge in [0, 0.05) is 20.2 Å². The van der Waals surface area contributed by atoms with E-state index in [2.05, 4.69) is 123 Å². The van der Waals surface area contributed by atoms with Crippen molar-refractivity contribution in [3.8, 4) is 0 Å². The molecule has 0 saturated carbocycles. The number of rotatable bonds is 12. The molecule has 2 heteroatoms. The molecule has 0 aliphatic rings. The zero-order valence-electron chi connectivity index (χ0n) is 28.3. The van der Waals surface area contributed by atoms with E-state index >= 15 is 0 Å². The fourth-order valence-corrected chi connectivity index (χ4v) is 9.93. The molecule has 0 aliphatic carbocycles. The van der Waals surface area contributed by atoms with E-state index in [4.69, 9.17) is 0 Å². The number of hydrogen-bond acceptors (Lipinski definition) is 2. The minimum atomic E-state index is 1.08. The first-order valence-corrected chi connectivity index (χ1v) is 19.7. The smallest absolute Gasteiger partial charge is 0.0542 e. The Bertz CT molecular complexity index is 2180. The van der Waals surface area contributed by atoms with E-state index in [9.17, 15) is 0 Å². The van der Waals surface area contributed by atoms with Crippen molar-refractivity contribution in [3.63, 3.8) is 0 Å². The molecule has 48 heavy (non-hydrogen) atoms. The monoisotopic (exact) mass is 660 g/mol. The van der Waals surface area contributed by atoms with Gasteiger partial charge in [0.25, 0.3) is 0 Å². The van der Waals surface area contributed by atoms with Crippen molar-refractivity contribution in [1.29, 1.82) is 0 Å². The Morgan fingerprint density at radius 1 is 0.354 bits per heavy atom. The third-order valence-electron chi connectivity index (χ3n) is 10.2. The summed E-state index contributed by atoms with van der Waals surface area (Å²) >= 11 is 3.94. The summed E-state index contributed by atoms with van der Waals surface area (Å²) in [7, 11) is 0. The van der Waals surface area contributed by atoms with Crippen LogP contribution in [0.4, 0.5) is 0 Å². The van der Waals surface area contributed by atoms with Crippen molar-refractivity contribution in [2.75, 3.05) is 0 Å². The Morgan fingerprint density at radius 2 is 0.708 bits per heavy atom. The molecule has 0 unspecified atom stereocenters. The van der Waals surface area contributed by atoms with Gasteiger partial charge in [-0.05, 0) is 131 Å². The van der Waals surface area contributed by atoms with Gasteiger partial charge < -0.3 is 0 Å². The predicted molar refractivity (Wildman–Crippen MR) is 215 cm³/mol. The van der Waals surface area contributed by atoms with E-state index in [1.165, 1.54) is 123 Å². The Kier molecular flexibility index (Phi) is 9.04. The molecule has 0 aliphatic heterocycles. The van der Waals surface area contributed by atoms with Crippen LogP contribution in [0.2, 0.25) is 0 Å². The molecule has 8 rings (SSSR count). The summed E-state index contributed by atoms with van der Waals surface area (Å²) in [5.41, 5.74) is 8.64. The van der Waals surface area contributed by atoms with E-state index in [0.717, 1.165) is 25.7 Å². The average molecular weight is 661 g/mol. The summed E-state index contributed by atoms with van der Waals surface area (Å²) < 4.78 is 5.69. The van der Waals surface area contributed by atoms with Gasteiger partial charge in [0.2, 0.25) is 0 Å². The van der Waals surface area contributed by atoms with Gasteiger partial charge >= 0.3 is 0 Å². The lowest BCUT2D eigenvalue weighted by Gasteiger charge is -2.07. The molecule has 0 saturated heterocycles. The van der Waals surface area contributed by atoms with Gasteiger partial charge in [-0.25, -0.2) is 0 Å². The number of fused-ring (bicyclic) bond motifs is 7. The van der Waals surface area contributed by atoms with Crippen LogP contribution in [-0.4, -0.2) is 0 Å². The lowest BCUT2D eigenvalue weighted by Crippen LogP contribution is -1.92. The number of thiophene rings is 2. The molecule has 8 aromatic rings. The second-order valence-electron chi connectivity index (χ2n) is 13.8. The molecule has 0 N–H and O–H groups in total. The molecule has 0 fully saturated rings. The normalized spacial score (nSPS) is 12.0. The zero-order valence-corrected chi connectivity index (χ0v) is 29.9. The van der Waals surface area contributed by atoms with Crippen LogP contribution in [0.1, 0.15) is 72.9 Å². The van der Waals surface area contributed by atoms with E-state index in [1.54, 1.807) is 0 Å². The third-order valence-corrected chi connectivity index (χ3v) is 12.7. The topological polar surface area (TPSA) is 0 Å². The van der Waals surface area contributed by atoms with Crippen molar-refractivity contribution in [3.05, 3.63) is 143 Å². The van der Waals surface area contributed by atoms with Crippen LogP contribution in [-0.2, 0) is 38.5 Å². The molecule has 0 spiro atoms. The van der Waals surface area contributed by atoms with Crippen LogP contribution >= 0.6 is 22.7 Å². The summed E-state index contributed by atoms with van der Waals surface area (Å²) in [5.74, 6) is 0. The summed E-state index contributed by atoms with van der Waals surface area (Å²) in [4.78, 5) is 0. The number of aryl methyl sites for hydroxylation is 6. The molecule has 6 aromatic carbocycles. The Hall–Kier alpha value is -3.98. The molecule has 0 radical (unpaired) electrons. The van der Waals surface area contributed by atoms with Crippen molar-refractivity contribution in [2.45, 2.75) is 78.1 Å². The maximum Gasteiger partial charge on any atom is 0.0542 e. The molecule has 0 atom stereocenters. The van der Waals surface area contributed by atoms with E-state index in [0.29, 0.717) is 0 Å². The highest BCUT2D eigenvalue weighted by Crippen LogP contribution is 2.46. The summed E-state index contributed by atoms with van der Waals surface area (Å²) in [6, 6.07) is 42.6. The second-order valence-corrected chi connectivity index (χ2v) is 15.9. The number of hydrogen-bond donors (Lipinski definition) is 0. The zero-order chi connectivity index (χ0) is 32.5. The standard InChI is InChI=1S/C46H44S2/c1-3-5-7-31-9-13-33(14-10-31)17-19-35-21-23-37-27-41-43(29-39(37)25-35)47-46-42-28-38-24-22-36(26-40(38)30-44(42)48-45(41)46)20-18-34-15-11-32(12-16-34)8-6-4-2/h9-16,21-30H,3-8,17-20H2,1-2H3. The van der Waals surface area contributed by atoms with Crippen molar-refractivity contribution >= 4 is 73.8 Å². The van der Waals surface area contributed by atoms with Gasteiger partial charge in [-0.3, -0.25) is 0 Å². The Balaban J connectivity index is 1.01. The quantitative estimate of drug-likeness (QED) is 0.122. The molecule has 2 aromatic heterocycles. The Morgan fingerprint density at radius 3 is 1.10 bits per heavy atom. The first-order chi connectivity index (χ1) is 23.6. The van der Waals surface area contributed by atoms with E-state index in [1.807, 2.05) is 22.7 Å². The minimum Gasteiger partial charge on any atom is -0.134 e. The highest BCUT2D eigenvalue weighted by Gasteiger charge is 2.14. The summed E-state index contributed by atoms with van der Waals surface area (Å²) in [6.45, 7) is 4.52. The highest BCUT2D eigenvalue weighted by molar-refractivity contribution is 7.36. The van der Waals surface area contributed by atoms with Crippen LogP contribution in [0.15, 0.2) is 109 Å². The third kappa shape index (κ3) is 6.53. The van der Waals surface area contributed by atoms with Crippen LogP contribution in [0.3, 0.4) is 0 Å². The van der Waals surface area contributed by atoms with Crippen molar-refractivity contribution in [1.82, 2.24) is 0 Å². The largest absolute Gasteiger partial charge is 0.134 e. The lowest BCUT2D eigenvalue weighted by atomic mass is 9.99. The Labute approximate surface area is 293 Å². The van der Waals surface area contributed by atoms with Crippen LogP contribution in [0.25, 0.3) is 51.1 Å². The van der Waals surface area contributed by atoms with Crippen molar-refractivity contribution < 1.29 is 0 Å². The van der Waals surface area contributed by atoms with Gasteiger partial charge in [-0.1, -0.05) is 112 Å². The average Bonchev–Trinajstić information content (AvgIpc) is 3.65. The van der Waals surface area contributed by atoms with Crippen molar-refractivity contribution in [2.24, 2.45) is 0 Å². The molecule has 2 heterocycles. The highest BCUT2D eigenvalue weighted by atomic mass is 32.1. The molecular formula is C46H44S2. The van der Waals surface area contributed by atoms with E-state index < -0.39 is 0 Å². The van der Waals surface area contributed by atoms with Crippen LogP contribution in [0.5, 0.6) is 0 Å². The SMILES string of the molecule is CCCCc1ccc(CCc2ccc3cc4c(cc3c2)sc2c3cc5ccc(CCc6ccc(CCCC)cc6)cc5cc3sc42)cc1. The van der Waals surface area contributed by atoms with Crippen LogP contribution < -0.4 is 0 Å². The summed E-state index contributed by atoms with van der Waals surface area (Å²) in [6.07, 6.45) is 11.8. The maximum absolute atomic E-state index is 2.44. The van der Waals surface area contributed by atoms with Gasteiger partial charge in [-0.15, -0.1) is 22.7 Å². The first-order valence-electron chi connectivity index (χ1n) is 18.0. The van der Waals surface area contributed by atoms with Gasteiger partial charge in [0.1, 0.15) is 0 Å². The predicted octanol–water partition coefficient (Wildman–Crippen LogP) is 13.8. The fourth-order valence-electron chi connectivity index (χ4n) is 7.24. The molecule has 240 valence electrons. The molecule has 0 amide bonds. The second kappa shape index (κ2) is 13.9. The first kappa shape index (κ1) is 31.3. The minimum absolute atomic E-state index is 1.08. The van der Waals surface area contributed by atoms with Gasteiger partial charge in [-0.2, -0.15) is 0 Å². The number of benzene rings is 6. The molecule has 0 nitrogen and oxygen atoms in total. The van der Waals surface area contributed by atoms with E-state index in [-0.39, 0.29) is 0 Å². The maximum atomic E-state index is 2.44. The lowest BCUT2D eigenvalue weighted by molar-refractivity contribution is 0.794. The van der Waals surface area contributed by atoms with Crippen LogP contribution in [0, 0.1) is 0 Å². The molecular weight excluding hydrogens is 617 g/mol. The summed E-state index contributed by atoms with van der Waals surface area (Å²) in [5, 5.41) is 8.22. The fraction of sp³-hybridized carbons (Fsp3) is 0.261. The molecule has 0 bridgehead atoms. The van der Waals surface area contributed by atoms with Gasteiger partial charge in [0.05, 0.1) is 9.40 Å².